The van der Waals surface area contributed by atoms with Gasteiger partial charge in [-0.05, 0) is 24.3 Å². The molecular formula is C13H6Cl2FNO. The summed E-state index contributed by atoms with van der Waals surface area (Å²) in [4.78, 5) is 0. The second kappa shape index (κ2) is 5.26. The van der Waals surface area contributed by atoms with Crippen molar-refractivity contribution in [1.29, 1.82) is 5.26 Å². The van der Waals surface area contributed by atoms with Crippen LogP contribution in [0.4, 0.5) is 4.39 Å². The van der Waals surface area contributed by atoms with Crippen LogP contribution in [0.1, 0.15) is 5.56 Å². The van der Waals surface area contributed by atoms with Gasteiger partial charge in [0.25, 0.3) is 0 Å². The number of halogens is 3. The van der Waals surface area contributed by atoms with Gasteiger partial charge in [-0.25, -0.2) is 4.39 Å². The van der Waals surface area contributed by atoms with Crippen molar-refractivity contribution in [2.24, 2.45) is 0 Å². The third-order valence-corrected chi connectivity index (χ3v) is 2.75. The lowest BCUT2D eigenvalue weighted by molar-refractivity contribution is 0.474. The van der Waals surface area contributed by atoms with Crippen molar-refractivity contribution in [1.82, 2.24) is 0 Å². The van der Waals surface area contributed by atoms with Gasteiger partial charge in [0.15, 0.2) is 0 Å². The molecule has 0 aliphatic rings. The Morgan fingerprint density at radius 2 is 1.89 bits per heavy atom. The van der Waals surface area contributed by atoms with E-state index >= 15 is 0 Å². The first-order chi connectivity index (χ1) is 8.61. The summed E-state index contributed by atoms with van der Waals surface area (Å²) in [5, 5.41) is 9.63. The maximum Gasteiger partial charge on any atom is 0.148 e. The molecule has 0 unspecified atom stereocenters. The summed E-state index contributed by atoms with van der Waals surface area (Å²) in [6, 6.07) is 10.5. The van der Waals surface area contributed by atoms with E-state index in [-0.39, 0.29) is 17.1 Å². The van der Waals surface area contributed by atoms with E-state index in [1.807, 2.05) is 0 Å². The normalized spacial score (nSPS) is 9.89. The van der Waals surface area contributed by atoms with Crippen LogP contribution >= 0.6 is 23.2 Å². The number of rotatable bonds is 2. The van der Waals surface area contributed by atoms with Crippen molar-refractivity contribution in [2.45, 2.75) is 0 Å². The second-order valence-corrected chi connectivity index (χ2v) is 4.25. The molecule has 2 nitrogen and oxygen atoms in total. The zero-order valence-corrected chi connectivity index (χ0v) is 10.5. The Morgan fingerprint density at radius 3 is 2.61 bits per heavy atom. The Hall–Kier alpha value is -1.76. The highest BCUT2D eigenvalue weighted by Gasteiger charge is 2.11. The molecule has 0 amide bonds. The van der Waals surface area contributed by atoms with Crippen molar-refractivity contribution in [3.8, 4) is 17.6 Å². The van der Waals surface area contributed by atoms with Gasteiger partial charge in [0.1, 0.15) is 28.9 Å². The lowest BCUT2D eigenvalue weighted by Gasteiger charge is -2.09. The lowest BCUT2D eigenvalue weighted by Crippen LogP contribution is -1.92. The van der Waals surface area contributed by atoms with Gasteiger partial charge in [-0.2, -0.15) is 5.26 Å². The molecule has 2 aromatic rings. The van der Waals surface area contributed by atoms with Gasteiger partial charge in [0.2, 0.25) is 0 Å². The standard InChI is InChI=1S/C13H6Cl2FNO/c14-8-4-5-10(15)13(6-8)18-12-3-1-2-11(16)9(12)7-17/h1-6H. The van der Waals surface area contributed by atoms with Crippen molar-refractivity contribution in [3.63, 3.8) is 0 Å². The minimum atomic E-state index is -0.645. The van der Waals surface area contributed by atoms with Crippen LogP contribution in [0.25, 0.3) is 0 Å². The zero-order chi connectivity index (χ0) is 13.1. The Labute approximate surface area is 113 Å². The van der Waals surface area contributed by atoms with Gasteiger partial charge < -0.3 is 4.74 Å². The van der Waals surface area contributed by atoms with E-state index < -0.39 is 5.82 Å². The maximum absolute atomic E-state index is 13.4. The monoisotopic (exact) mass is 281 g/mol. The molecule has 0 aliphatic carbocycles. The van der Waals surface area contributed by atoms with Crippen molar-refractivity contribution in [2.75, 3.05) is 0 Å². The summed E-state index contributed by atoms with van der Waals surface area (Å²) >= 11 is 11.7. The van der Waals surface area contributed by atoms with Crippen LogP contribution < -0.4 is 4.74 Å². The van der Waals surface area contributed by atoms with E-state index in [0.717, 1.165) is 0 Å². The molecule has 0 spiro atoms. The summed E-state index contributed by atoms with van der Waals surface area (Å²) in [6.45, 7) is 0. The van der Waals surface area contributed by atoms with Crippen LogP contribution in [0.5, 0.6) is 11.5 Å². The fourth-order valence-electron chi connectivity index (χ4n) is 1.37. The molecule has 90 valence electrons. The van der Waals surface area contributed by atoms with Crippen molar-refractivity contribution >= 4 is 23.2 Å². The van der Waals surface area contributed by atoms with Crippen molar-refractivity contribution in [3.05, 3.63) is 57.8 Å². The first-order valence-electron chi connectivity index (χ1n) is 4.93. The molecule has 0 radical (unpaired) electrons. The Morgan fingerprint density at radius 1 is 1.11 bits per heavy atom. The third-order valence-electron chi connectivity index (χ3n) is 2.20. The minimum Gasteiger partial charge on any atom is -0.454 e. The summed E-state index contributed by atoms with van der Waals surface area (Å²) in [5.41, 5.74) is -0.173. The highest BCUT2D eigenvalue weighted by molar-refractivity contribution is 6.34. The first kappa shape index (κ1) is 12.7. The molecule has 0 fully saturated rings. The van der Waals surface area contributed by atoms with E-state index in [1.165, 1.54) is 24.3 Å². The SMILES string of the molecule is N#Cc1c(F)cccc1Oc1cc(Cl)ccc1Cl. The average molecular weight is 282 g/mol. The van der Waals surface area contributed by atoms with Crippen LogP contribution in [0.15, 0.2) is 36.4 Å². The number of ether oxygens (including phenoxy) is 1. The molecule has 0 saturated heterocycles. The maximum atomic E-state index is 13.4. The van der Waals surface area contributed by atoms with Crippen LogP contribution in [0, 0.1) is 17.1 Å². The molecule has 2 aromatic carbocycles. The minimum absolute atomic E-state index is 0.0988. The fourth-order valence-corrected chi connectivity index (χ4v) is 1.69. The smallest absolute Gasteiger partial charge is 0.148 e. The van der Waals surface area contributed by atoms with E-state index in [0.29, 0.717) is 10.0 Å². The molecule has 2 rings (SSSR count). The molecule has 5 heteroatoms. The Bertz CT molecular complexity index is 637. The van der Waals surface area contributed by atoms with E-state index in [2.05, 4.69) is 0 Å². The molecular weight excluding hydrogens is 276 g/mol. The third kappa shape index (κ3) is 2.56. The fraction of sp³-hybridized carbons (Fsp3) is 0. The predicted molar refractivity (Wildman–Crippen MR) is 67.7 cm³/mol. The molecule has 0 saturated carbocycles. The number of hydrogen-bond acceptors (Lipinski definition) is 2. The van der Waals surface area contributed by atoms with Crippen LogP contribution in [0.2, 0.25) is 10.0 Å². The zero-order valence-electron chi connectivity index (χ0n) is 8.95. The van der Waals surface area contributed by atoms with E-state index in [1.54, 1.807) is 18.2 Å². The number of nitrogens with zero attached hydrogens (tertiary/aromatic N) is 1. The highest BCUT2D eigenvalue weighted by atomic mass is 35.5. The second-order valence-electron chi connectivity index (χ2n) is 3.40. The predicted octanol–water partition coefficient (Wildman–Crippen LogP) is 4.80. The molecule has 0 aromatic heterocycles. The largest absolute Gasteiger partial charge is 0.454 e. The molecule has 0 aliphatic heterocycles. The van der Waals surface area contributed by atoms with Gasteiger partial charge in [-0.1, -0.05) is 29.3 Å². The molecule has 0 bridgehead atoms. The first-order valence-corrected chi connectivity index (χ1v) is 5.69. The number of nitriles is 1. The molecule has 18 heavy (non-hydrogen) atoms. The highest BCUT2D eigenvalue weighted by Crippen LogP contribution is 2.33. The quantitative estimate of drug-likeness (QED) is 0.792. The van der Waals surface area contributed by atoms with Crippen molar-refractivity contribution < 1.29 is 9.13 Å². The molecule has 0 heterocycles. The van der Waals surface area contributed by atoms with Crippen LogP contribution in [-0.2, 0) is 0 Å². The lowest BCUT2D eigenvalue weighted by atomic mass is 10.2. The van der Waals surface area contributed by atoms with E-state index in [9.17, 15) is 4.39 Å². The van der Waals surface area contributed by atoms with Gasteiger partial charge in [0.05, 0.1) is 5.02 Å². The number of benzene rings is 2. The van der Waals surface area contributed by atoms with Gasteiger partial charge in [-0.3, -0.25) is 0 Å². The molecule has 0 N–H and O–H groups in total. The van der Waals surface area contributed by atoms with Gasteiger partial charge >= 0.3 is 0 Å². The van der Waals surface area contributed by atoms with Gasteiger partial charge in [0, 0.05) is 11.1 Å². The average Bonchev–Trinajstić information content (AvgIpc) is 2.34. The number of hydrogen-bond donors (Lipinski definition) is 0. The van der Waals surface area contributed by atoms with Gasteiger partial charge in [-0.15, -0.1) is 0 Å². The van der Waals surface area contributed by atoms with Crippen LogP contribution in [-0.4, -0.2) is 0 Å². The van der Waals surface area contributed by atoms with E-state index in [4.69, 9.17) is 33.2 Å². The van der Waals surface area contributed by atoms with Crippen LogP contribution in [0.3, 0.4) is 0 Å². The topological polar surface area (TPSA) is 33.0 Å². The molecule has 0 atom stereocenters. The Balaban J connectivity index is 2.44. The summed E-state index contributed by atoms with van der Waals surface area (Å²) in [7, 11) is 0. The summed E-state index contributed by atoms with van der Waals surface area (Å²) in [5.74, 6) is -0.277. The summed E-state index contributed by atoms with van der Waals surface area (Å²) in [6.07, 6.45) is 0. The Kier molecular flexibility index (Phi) is 3.71. The summed E-state index contributed by atoms with van der Waals surface area (Å²) < 4.78 is 18.8.